The molecule has 90 valence electrons. The van der Waals surface area contributed by atoms with Crippen molar-refractivity contribution in [1.29, 1.82) is 0 Å². The highest BCUT2D eigenvalue weighted by Gasteiger charge is 2.43. The van der Waals surface area contributed by atoms with Gasteiger partial charge in [-0.2, -0.15) is 4.98 Å². The van der Waals surface area contributed by atoms with E-state index in [0.29, 0.717) is 6.04 Å². The van der Waals surface area contributed by atoms with Crippen LogP contribution in [0, 0.1) is 0 Å². The Morgan fingerprint density at radius 2 is 2.19 bits per heavy atom. The fourth-order valence-electron chi connectivity index (χ4n) is 1.85. The fraction of sp³-hybridized carbons (Fsp3) is 0.833. The van der Waals surface area contributed by atoms with Crippen molar-refractivity contribution in [3.63, 3.8) is 0 Å². The maximum Gasteiger partial charge on any atom is 0.228 e. The Hall–Kier alpha value is -0.900. The lowest BCUT2D eigenvalue weighted by atomic mass is 10.1. The van der Waals surface area contributed by atoms with E-state index in [4.69, 9.17) is 4.52 Å². The van der Waals surface area contributed by atoms with Gasteiger partial charge >= 0.3 is 0 Å². The molecular weight excluding hydrogens is 202 g/mol. The SMILES string of the molecule is CCNC(CC)Cc1nc(C2(C)CC2)no1. The summed E-state index contributed by atoms with van der Waals surface area (Å²) in [4.78, 5) is 4.50. The Morgan fingerprint density at radius 1 is 1.44 bits per heavy atom. The van der Waals surface area contributed by atoms with E-state index in [1.165, 1.54) is 12.8 Å². The topological polar surface area (TPSA) is 51.0 Å². The third-order valence-electron chi connectivity index (χ3n) is 3.41. The largest absolute Gasteiger partial charge is 0.339 e. The van der Waals surface area contributed by atoms with Crippen LogP contribution in [0.25, 0.3) is 0 Å². The molecule has 1 aromatic rings. The maximum absolute atomic E-state index is 5.31. The molecule has 1 fully saturated rings. The number of hydrogen-bond acceptors (Lipinski definition) is 4. The lowest BCUT2D eigenvalue weighted by Gasteiger charge is -2.12. The van der Waals surface area contributed by atoms with E-state index in [2.05, 4.69) is 36.2 Å². The third kappa shape index (κ3) is 2.43. The molecule has 1 N–H and O–H groups in total. The highest BCUT2D eigenvalue weighted by Crippen LogP contribution is 2.45. The summed E-state index contributed by atoms with van der Waals surface area (Å²) in [7, 11) is 0. The first-order valence-electron chi connectivity index (χ1n) is 6.24. The average Bonchev–Trinajstić information content (AvgIpc) is 2.85. The molecule has 1 aliphatic carbocycles. The minimum absolute atomic E-state index is 0.210. The predicted octanol–water partition coefficient (Wildman–Crippen LogP) is 2.05. The first kappa shape index (κ1) is 11.6. The summed E-state index contributed by atoms with van der Waals surface area (Å²) in [6, 6.07) is 0.449. The molecule has 0 aromatic carbocycles. The van der Waals surface area contributed by atoms with Gasteiger partial charge in [-0.05, 0) is 25.8 Å². The second kappa shape index (κ2) is 4.53. The molecule has 1 heterocycles. The predicted molar refractivity (Wildman–Crippen MR) is 62.3 cm³/mol. The third-order valence-corrected chi connectivity index (χ3v) is 3.41. The number of nitrogens with one attached hydrogen (secondary N) is 1. The fourth-order valence-corrected chi connectivity index (χ4v) is 1.85. The first-order valence-corrected chi connectivity index (χ1v) is 6.24. The van der Waals surface area contributed by atoms with Crippen molar-refractivity contribution in [2.45, 2.75) is 57.9 Å². The van der Waals surface area contributed by atoms with Crippen molar-refractivity contribution >= 4 is 0 Å². The van der Waals surface area contributed by atoms with Crippen LogP contribution in [0.15, 0.2) is 4.52 Å². The molecule has 0 spiro atoms. The molecule has 0 aliphatic heterocycles. The molecule has 2 rings (SSSR count). The van der Waals surface area contributed by atoms with Crippen molar-refractivity contribution in [1.82, 2.24) is 15.5 Å². The molecule has 1 aromatic heterocycles. The zero-order valence-corrected chi connectivity index (χ0v) is 10.4. The lowest BCUT2D eigenvalue weighted by molar-refractivity contribution is 0.349. The summed E-state index contributed by atoms with van der Waals surface area (Å²) in [5.74, 6) is 1.67. The van der Waals surface area contributed by atoms with E-state index >= 15 is 0 Å². The van der Waals surface area contributed by atoms with E-state index in [9.17, 15) is 0 Å². The number of aromatic nitrogens is 2. The molecule has 16 heavy (non-hydrogen) atoms. The molecular formula is C12H21N3O. The second-order valence-corrected chi connectivity index (χ2v) is 4.94. The van der Waals surface area contributed by atoms with Crippen LogP contribution < -0.4 is 5.32 Å². The number of rotatable bonds is 6. The Bertz CT molecular complexity index is 344. The van der Waals surface area contributed by atoms with Crippen molar-refractivity contribution in [2.75, 3.05) is 6.54 Å². The van der Waals surface area contributed by atoms with Gasteiger partial charge in [0.25, 0.3) is 0 Å². The van der Waals surface area contributed by atoms with Gasteiger partial charge in [0.1, 0.15) is 0 Å². The van der Waals surface area contributed by atoms with Gasteiger partial charge in [-0.3, -0.25) is 0 Å². The van der Waals surface area contributed by atoms with E-state index in [-0.39, 0.29) is 5.41 Å². The number of likely N-dealkylation sites (N-methyl/N-ethyl adjacent to an activating group) is 1. The van der Waals surface area contributed by atoms with Crippen molar-refractivity contribution in [3.8, 4) is 0 Å². The molecule has 0 bridgehead atoms. The van der Waals surface area contributed by atoms with E-state index < -0.39 is 0 Å². The zero-order chi connectivity index (χ0) is 11.6. The van der Waals surface area contributed by atoms with Gasteiger partial charge in [0.2, 0.25) is 5.89 Å². The van der Waals surface area contributed by atoms with Crippen LogP contribution in [-0.4, -0.2) is 22.7 Å². The Labute approximate surface area is 96.8 Å². The minimum atomic E-state index is 0.210. The van der Waals surface area contributed by atoms with Crippen molar-refractivity contribution in [3.05, 3.63) is 11.7 Å². The standard InChI is InChI=1S/C12H21N3O/c1-4-9(13-5-2)8-10-14-11(15-16-10)12(3)6-7-12/h9,13H,4-8H2,1-3H3. The summed E-state index contributed by atoms with van der Waals surface area (Å²) in [6.45, 7) is 7.47. The number of nitrogens with zero attached hydrogens (tertiary/aromatic N) is 2. The molecule has 4 heteroatoms. The van der Waals surface area contributed by atoms with Gasteiger partial charge in [-0.15, -0.1) is 0 Å². The highest BCUT2D eigenvalue weighted by atomic mass is 16.5. The Balaban J connectivity index is 1.96. The molecule has 0 saturated heterocycles. The summed E-state index contributed by atoms with van der Waals surface area (Å²) >= 11 is 0. The van der Waals surface area contributed by atoms with Crippen LogP contribution in [0.5, 0.6) is 0 Å². The number of hydrogen-bond donors (Lipinski definition) is 1. The Kier molecular flexibility index (Phi) is 3.28. The summed E-state index contributed by atoms with van der Waals surface area (Å²) in [5.41, 5.74) is 0.210. The summed E-state index contributed by atoms with van der Waals surface area (Å²) in [5, 5.41) is 7.50. The Morgan fingerprint density at radius 3 is 2.75 bits per heavy atom. The van der Waals surface area contributed by atoms with Gasteiger partial charge in [0, 0.05) is 17.9 Å². The molecule has 4 nitrogen and oxygen atoms in total. The second-order valence-electron chi connectivity index (χ2n) is 4.94. The zero-order valence-electron chi connectivity index (χ0n) is 10.4. The molecule has 0 radical (unpaired) electrons. The van der Waals surface area contributed by atoms with Crippen LogP contribution in [0.4, 0.5) is 0 Å². The van der Waals surface area contributed by atoms with Gasteiger partial charge in [0.15, 0.2) is 5.82 Å². The van der Waals surface area contributed by atoms with Gasteiger partial charge < -0.3 is 9.84 Å². The first-order chi connectivity index (χ1) is 7.68. The van der Waals surface area contributed by atoms with Crippen LogP contribution in [0.3, 0.4) is 0 Å². The van der Waals surface area contributed by atoms with E-state index in [1.807, 2.05) is 0 Å². The molecule has 1 atom stereocenters. The van der Waals surface area contributed by atoms with Gasteiger partial charge in [0.05, 0.1) is 0 Å². The van der Waals surface area contributed by atoms with Crippen molar-refractivity contribution in [2.24, 2.45) is 0 Å². The van der Waals surface area contributed by atoms with Crippen LogP contribution in [-0.2, 0) is 11.8 Å². The van der Waals surface area contributed by atoms with Gasteiger partial charge in [-0.1, -0.05) is 25.9 Å². The molecule has 1 aliphatic rings. The minimum Gasteiger partial charge on any atom is -0.339 e. The monoisotopic (exact) mass is 223 g/mol. The van der Waals surface area contributed by atoms with Crippen LogP contribution in [0.2, 0.25) is 0 Å². The van der Waals surface area contributed by atoms with Gasteiger partial charge in [-0.25, -0.2) is 0 Å². The van der Waals surface area contributed by atoms with Crippen LogP contribution >= 0.6 is 0 Å². The average molecular weight is 223 g/mol. The summed E-state index contributed by atoms with van der Waals surface area (Å²) < 4.78 is 5.31. The summed E-state index contributed by atoms with van der Waals surface area (Å²) in [6.07, 6.45) is 4.31. The quantitative estimate of drug-likeness (QED) is 0.802. The molecule has 1 unspecified atom stereocenters. The molecule has 1 saturated carbocycles. The lowest BCUT2D eigenvalue weighted by Crippen LogP contribution is -2.30. The normalized spacial score (nSPS) is 19.7. The highest BCUT2D eigenvalue weighted by molar-refractivity contribution is 5.14. The van der Waals surface area contributed by atoms with E-state index in [0.717, 1.165) is 31.1 Å². The van der Waals surface area contributed by atoms with Crippen LogP contribution in [0.1, 0.15) is 51.7 Å². The maximum atomic E-state index is 5.31. The van der Waals surface area contributed by atoms with E-state index in [1.54, 1.807) is 0 Å². The molecule has 0 amide bonds. The smallest absolute Gasteiger partial charge is 0.228 e. The van der Waals surface area contributed by atoms with Crippen molar-refractivity contribution < 1.29 is 4.52 Å².